The number of carbonyl (C=O) groups is 4. The number of aliphatic imine (C=N–C) groups is 1. The molecule has 0 bridgehead atoms. The van der Waals surface area contributed by atoms with Crippen LogP contribution in [-0.2, 0) is 25.6 Å². The normalized spacial score (nSPS) is 14.7. The summed E-state index contributed by atoms with van der Waals surface area (Å²) in [5, 5.41) is 18.6. The highest BCUT2D eigenvalue weighted by atomic mass is 32.2. The molecule has 42 heavy (non-hydrogen) atoms. The third kappa shape index (κ3) is 10.6. The molecule has 0 saturated heterocycles. The monoisotopic (exact) mass is 604 g/mol. The Bertz CT molecular complexity index is 1230. The van der Waals surface area contributed by atoms with Crippen molar-refractivity contribution in [2.24, 2.45) is 28.1 Å². The van der Waals surface area contributed by atoms with E-state index in [1.54, 1.807) is 13.1 Å². The molecule has 2 aromatic rings. The number of H-pyrrole nitrogens is 1. The molecule has 5 unspecified atom stereocenters. The van der Waals surface area contributed by atoms with E-state index in [2.05, 4.69) is 25.9 Å². The molecule has 2 rings (SSSR count). The highest BCUT2D eigenvalue weighted by Gasteiger charge is 2.31. The minimum Gasteiger partial charge on any atom is -0.480 e. The molecule has 14 heteroatoms. The predicted octanol–water partition coefficient (Wildman–Crippen LogP) is 0.430. The number of carboxylic acids is 1. The second-order valence-corrected chi connectivity index (χ2v) is 11.2. The molecule has 1 aromatic heterocycles. The molecular formula is C28H44N8O5S. The van der Waals surface area contributed by atoms with Gasteiger partial charge in [-0.1, -0.05) is 38.5 Å². The van der Waals surface area contributed by atoms with Crippen LogP contribution in [0.3, 0.4) is 0 Å². The largest absolute Gasteiger partial charge is 0.480 e. The van der Waals surface area contributed by atoms with Gasteiger partial charge >= 0.3 is 5.97 Å². The first-order chi connectivity index (χ1) is 20.0. The van der Waals surface area contributed by atoms with E-state index in [0.717, 1.165) is 16.5 Å². The van der Waals surface area contributed by atoms with Crippen molar-refractivity contribution in [2.45, 2.75) is 70.1 Å². The van der Waals surface area contributed by atoms with Gasteiger partial charge in [-0.2, -0.15) is 11.8 Å². The highest BCUT2D eigenvalue weighted by Crippen LogP contribution is 2.19. The number of rotatable bonds is 18. The lowest BCUT2D eigenvalue weighted by molar-refractivity contribution is -0.143. The fourth-order valence-corrected chi connectivity index (χ4v) is 4.87. The van der Waals surface area contributed by atoms with Crippen LogP contribution in [0.25, 0.3) is 10.9 Å². The summed E-state index contributed by atoms with van der Waals surface area (Å²) < 4.78 is 0. The van der Waals surface area contributed by atoms with Crippen molar-refractivity contribution in [3.05, 3.63) is 36.0 Å². The summed E-state index contributed by atoms with van der Waals surface area (Å²) in [4.78, 5) is 58.6. The van der Waals surface area contributed by atoms with Crippen LogP contribution in [0.1, 0.15) is 45.1 Å². The molecule has 0 saturated carbocycles. The third-order valence-corrected chi connectivity index (χ3v) is 7.69. The molecule has 0 aliphatic rings. The topological polar surface area (TPSA) is 231 Å². The summed E-state index contributed by atoms with van der Waals surface area (Å²) in [6.45, 7) is 3.80. The summed E-state index contributed by atoms with van der Waals surface area (Å²) >= 11 is 1.48. The SMILES string of the molecule is CCC(C)C(NC(=O)C(CCSC)NC(=O)C(CCCN=C(N)N)NC(=O)C(N)Cc1c[nH]c2ccccc12)C(=O)O. The molecule has 0 radical (unpaired) electrons. The summed E-state index contributed by atoms with van der Waals surface area (Å²) in [7, 11) is 0. The first kappa shape index (κ1) is 34.4. The fourth-order valence-electron chi connectivity index (χ4n) is 4.40. The van der Waals surface area contributed by atoms with Gasteiger partial charge in [0.2, 0.25) is 17.7 Å². The summed E-state index contributed by atoms with van der Waals surface area (Å²) in [6.07, 6.45) is 5.25. The first-order valence-corrected chi connectivity index (χ1v) is 15.4. The zero-order valence-corrected chi connectivity index (χ0v) is 25.2. The average molecular weight is 605 g/mol. The molecule has 0 fully saturated rings. The smallest absolute Gasteiger partial charge is 0.326 e. The summed E-state index contributed by atoms with van der Waals surface area (Å²) in [6, 6.07) is 3.57. The lowest BCUT2D eigenvalue weighted by Gasteiger charge is -2.26. The van der Waals surface area contributed by atoms with Crippen molar-refractivity contribution in [3.8, 4) is 0 Å². The van der Waals surface area contributed by atoms with Crippen LogP contribution >= 0.6 is 11.8 Å². The number of carboxylic acid groups (broad SMARTS) is 1. The van der Waals surface area contributed by atoms with Crippen LogP contribution in [0.15, 0.2) is 35.5 Å². The van der Waals surface area contributed by atoms with Crippen molar-refractivity contribution >= 4 is 52.3 Å². The van der Waals surface area contributed by atoms with E-state index in [4.69, 9.17) is 17.2 Å². The number of thioether (sulfide) groups is 1. The number of benzene rings is 1. The van der Waals surface area contributed by atoms with E-state index in [1.807, 2.05) is 37.4 Å². The number of guanidine groups is 1. The molecule has 5 atom stereocenters. The number of aromatic nitrogens is 1. The molecule has 11 N–H and O–H groups in total. The Labute approximate surface area is 250 Å². The van der Waals surface area contributed by atoms with Gasteiger partial charge in [0.25, 0.3) is 0 Å². The van der Waals surface area contributed by atoms with Crippen molar-refractivity contribution < 1.29 is 24.3 Å². The number of fused-ring (bicyclic) bond motifs is 1. The Balaban J connectivity index is 2.18. The number of para-hydroxylation sites is 1. The number of nitrogens with two attached hydrogens (primary N) is 3. The molecule has 13 nitrogen and oxygen atoms in total. The van der Waals surface area contributed by atoms with Crippen LogP contribution in [0.5, 0.6) is 0 Å². The quantitative estimate of drug-likeness (QED) is 0.0669. The maximum absolute atomic E-state index is 13.4. The second kappa shape index (κ2) is 17.2. The van der Waals surface area contributed by atoms with Crippen LogP contribution < -0.4 is 33.2 Å². The lowest BCUT2D eigenvalue weighted by atomic mass is 9.98. The Morgan fingerprint density at radius 2 is 1.67 bits per heavy atom. The summed E-state index contributed by atoms with van der Waals surface area (Å²) in [5.41, 5.74) is 18.8. The van der Waals surface area contributed by atoms with Gasteiger partial charge in [-0.3, -0.25) is 19.4 Å². The molecule has 0 aliphatic carbocycles. The maximum Gasteiger partial charge on any atom is 0.326 e. The predicted molar refractivity (Wildman–Crippen MR) is 166 cm³/mol. The van der Waals surface area contributed by atoms with E-state index in [0.29, 0.717) is 18.6 Å². The highest BCUT2D eigenvalue weighted by molar-refractivity contribution is 7.98. The van der Waals surface area contributed by atoms with Crippen molar-refractivity contribution in [2.75, 3.05) is 18.6 Å². The molecule has 3 amide bonds. The lowest BCUT2D eigenvalue weighted by Crippen LogP contribution is -2.58. The first-order valence-electron chi connectivity index (χ1n) is 14.0. The number of carbonyl (C=O) groups excluding carboxylic acids is 3. The van der Waals surface area contributed by atoms with Crippen molar-refractivity contribution in [1.82, 2.24) is 20.9 Å². The Hall–Kier alpha value is -3.78. The van der Waals surface area contributed by atoms with E-state index < -0.39 is 47.9 Å². The van der Waals surface area contributed by atoms with Gasteiger partial charge in [-0.25, -0.2) is 4.79 Å². The molecule has 232 valence electrons. The molecule has 1 aromatic carbocycles. The Kier molecular flexibility index (Phi) is 14.1. The fraction of sp³-hybridized carbons (Fsp3) is 0.536. The zero-order valence-electron chi connectivity index (χ0n) is 24.4. The number of nitrogens with zero attached hydrogens (tertiary/aromatic N) is 1. The number of nitrogens with one attached hydrogen (secondary N) is 4. The molecule has 1 heterocycles. The second-order valence-electron chi connectivity index (χ2n) is 10.2. The molecule has 0 spiro atoms. The van der Waals surface area contributed by atoms with E-state index in [1.165, 1.54) is 11.8 Å². The van der Waals surface area contributed by atoms with Gasteiger partial charge in [0, 0.05) is 23.6 Å². The number of hydrogen-bond acceptors (Lipinski definition) is 7. The van der Waals surface area contributed by atoms with E-state index in [-0.39, 0.29) is 37.7 Å². The number of hydrogen-bond donors (Lipinski definition) is 8. The molecule has 0 aliphatic heterocycles. The van der Waals surface area contributed by atoms with Gasteiger partial charge in [-0.15, -0.1) is 0 Å². The van der Waals surface area contributed by atoms with Gasteiger partial charge in [0.1, 0.15) is 18.1 Å². The van der Waals surface area contributed by atoms with Crippen LogP contribution in [0.2, 0.25) is 0 Å². The van der Waals surface area contributed by atoms with E-state index >= 15 is 0 Å². The Morgan fingerprint density at radius 3 is 2.31 bits per heavy atom. The number of aliphatic carboxylic acids is 1. The van der Waals surface area contributed by atoms with Crippen LogP contribution in [0, 0.1) is 5.92 Å². The van der Waals surface area contributed by atoms with Gasteiger partial charge in [0.05, 0.1) is 6.04 Å². The maximum atomic E-state index is 13.4. The Morgan fingerprint density at radius 1 is 1.02 bits per heavy atom. The third-order valence-electron chi connectivity index (χ3n) is 7.05. The number of aromatic amines is 1. The van der Waals surface area contributed by atoms with Gasteiger partial charge in [-0.05, 0) is 55.2 Å². The standard InChI is InChI=1S/C28H44N8O5S/c1-4-16(2)23(27(40)41)36-26(39)22(11-13-42-3)35-25(38)21(10-7-12-32-28(30)31)34-24(37)19(29)14-17-15-33-20-9-6-5-8-18(17)20/h5-6,8-9,15-16,19,21-23,33H,4,7,10-14,29H2,1-3H3,(H,34,37)(H,35,38)(H,36,39)(H,40,41)(H4,30,31,32). The van der Waals surface area contributed by atoms with Crippen molar-refractivity contribution in [1.29, 1.82) is 0 Å². The van der Waals surface area contributed by atoms with Crippen LogP contribution in [0.4, 0.5) is 0 Å². The van der Waals surface area contributed by atoms with E-state index in [9.17, 15) is 24.3 Å². The van der Waals surface area contributed by atoms with Crippen LogP contribution in [-0.4, -0.2) is 82.5 Å². The van der Waals surface area contributed by atoms with Crippen molar-refractivity contribution in [3.63, 3.8) is 0 Å². The summed E-state index contributed by atoms with van der Waals surface area (Å²) in [5.74, 6) is -2.75. The number of amides is 3. The van der Waals surface area contributed by atoms with Gasteiger partial charge in [0.15, 0.2) is 5.96 Å². The average Bonchev–Trinajstić information content (AvgIpc) is 3.36. The minimum atomic E-state index is -1.15. The van der Waals surface area contributed by atoms with Gasteiger partial charge < -0.3 is 43.2 Å². The zero-order chi connectivity index (χ0) is 31.2. The minimum absolute atomic E-state index is 0.0936. The molecular weight excluding hydrogens is 560 g/mol.